The first-order valence-corrected chi connectivity index (χ1v) is 10.1. The number of aromatic amines is 1. The normalized spacial score (nSPS) is 13.5. The van der Waals surface area contributed by atoms with Crippen LogP contribution in [0.15, 0.2) is 72.8 Å². The largest absolute Gasteiger partial charge is 0.355 e. The van der Waals surface area contributed by atoms with Gasteiger partial charge in [-0.2, -0.15) is 0 Å². The van der Waals surface area contributed by atoms with E-state index in [1.54, 1.807) is 0 Å². The number of hydrogen-bond acceptors (Lipinski definition) is 1. The zero-order valence-electron chi connectivity index (χ0n) is 14.7. The first-order valence-electron chi connectivity index (χ1n) is 9.27. The van der Waals surface area contributed by atoms with Crippen molar-refractivity contribution in [2.45, 2.75) is 6.42 Å². The second-order valence-electron chi connectivity index (χ2n) is 7.06. The molecule has 1 aliphatic carbocycles. The first kappa shape index (κ1) is 15.0. The Hall–Kier alpha value is -3.10. The lowest BCUT2D eigenvalue weighted by molar-refractivity contribution is 1.44. The Morgan fingerprint density at radius 3 is 2.44 bits per heavy atom. The summed E-state index contributed by atoms with van der Waals surface area (Å²) in [6.07, 6.45) is 10.0. The van der Waals surface area contributed by atoms with Crippen LogP contribution in [0.4, 0.5) is 0 Å². The van der Waals surface area contributed by atoms with Crippen molar-refractivity contribution in [3.63, 3.8) is 0 Å². The molecule has 0 spiro atoms. The highest BCUT2D eigenvalue weighted by Gasteiger charge is 2.11. The van der Waals surface area contributed by atoms with Gasteiger partial charge in [0.1, 0.15) is 0 Å². The van der Waals surface area contributed by atoms with Crippen LogP contribution in [0, 0.1) is 0 Å². The Morgan fingerprint density at radius 2 is 1.48 bits per heavy atom. The summed E-state index contributed by atoms with van der Waals surface area (Å²) < 4.78 is 1.35. The van der Waals surface area contributed by atoms with E-state index in [4.69, 9.17) is 0 Å². The zero-order chi connectivity index (χ0) is 17.8. The standard InChI is InChI=1S/C25H17NS/c1-2-7-19-21-15-17(11-13-25(21)27-24(19)9-3-1)16-10-12-23-20(14-16)18-6-4-5-8-22(18)26-23/h2-15,26H,1H2. The van der Waals surface area contributed by atoms with Crippen molar-refractivity contribution < 1.29 is 0 Å². The summed E-state index contributed by atoms with van der Waals surface area (Å²) in [4.78, 5) is 4.88. The zero-order valence-corrected chi connectivity index (χ0v) is 15.5. The number of aromatic nitrogens is 1. The number of rotatable bonds is 1. The van der Waals surface area contributed by atoms with Crippen LogP contribution in [0.25, 0.3) is 55.2 Å². The van der Waals surface area contributed by atoms with Crippen LogP contribution in [0.5, 0.6) is 0 Å². The second kappa shape index (κ2) is 5.70. The molecule has 0 saturated heterocycles. The van der Waals surface area contributed by atoms with Gasteiger partial charge in [-0.05, 0) is 54.0 Å². The van der Waals surface area contributed by atoms with Crippen molar-refractivity contribution in [3.8, 4) is 11.1 Å². The SMILES string of the molecule is C1=Cc2sc3ccc(-c4ccc5[nH]c6ccccc6c5c4)cc3c2C=CC1. The molecule has 128 valence electrons. The molecule has 6 rings (SSSR count). The second-order valence-corrected chi connectivity index (χ2v) is 8.15. The van der Waals surface area contributed by atoms with E-state index in [2.05, 4.69) is 90.0 Å². The topological polar surface area (TPSA) is 15.8 Å². The van der Waals surface area contributed by atoms with Gasteiger partial charge in [-0.25, -0.2) is 0 Å². The van der Waals surface area contributed by atoms with Crippen LogP contribution in [0.1, 0.15) is 16.9 Å². The Balaban J connectivity index is 1.57. The molecule has 0 amide bonds. The summed E-state index contributed by atoms with van der Waals surface area (Å²) in [5, 5.41) is 3.93. The molecular weight excluding hydrogens is 346 g/mol. The molecule has 1 aliphatic rings. The van der Waals surface area contributed by atoms with Gasteiger partial charge in [-0.15, -0.1) is 11.3 Å². The molecule has 0 atom stereocenters. The van der Waals surface area contributed by atoms with E-state index in [-0.39, 0.29) is 0 Å². The molecule has 0 fully saturated rings. The van der Waals surface area contributed by atoms with E-state index < -0.39 is 0 Å². The predicted molar refractivity (Wildman–Crippen MR) is 119 cm³/mol. The Morgan fingerprint density at radius 1 is 0.704 bits per heavy atom. The van der Waals surface area contributed by atoms with Gasteiger partial charge >= 0.3 is 0 Å². The maximum atomic E-state index is 3.51. The molecule has 27 heavy (non-hydrogen) atoms. The van der Waals surface area contributed by atoms with Gasteiger partial charge < -0.3 is 4.98 Å². The maximum absolute atomic E-state index is 3.51. The summed E-state index contributed by atoms with van der Waals surface area (Å²) in [5.74, 6) is 0. The lowest BCUT2D eigenvalue weighted by Crippen LogP contribution is -1.79. The molecule has 1 N–H and O–H groups in total. The molecule has 0 unspecified atom stereocenters. The lowest BCUT2D eigenvalue weighted by Gasteiger charge is -2.04. The molecule has 2 heteroatoms. The van der Waals surface area contributed by atoms with Gasteiger partial charge in [-0.3, -0.25) is 0 Å². The van der Waals surface area contributed by atoms with E-state index >= 15 is 0 Å². The fourth-order valence-electron chi connectivity index (χ4n) is 4.08. The highest BCUT2D eigenvalue weighted by atomic mass is 32.1. The van der Waals surface area contributed by atoms with Gasteiger partial charge in [0, 0.05) is 42.3 Å². The highest BCUT2D eigenvalue weighted by Crippen LogP contribution is 2.38. The minimum absolute atomic E-state index is 1.01. The summed E-state index contributed by atoms with van der Waals surface area (Å²) >= 11 is 1.88. The molecule has 0 aliphatic heterocycles. The fourth-order valence-corrected chi connectivity index (χ4v) is 5.18. The van der Waals surface area contributed by atoms with Crippen molar-refractivity contribution in [1.29, 1.82) is 0 Å². The smallest absolute Gasteiger partial charge is 0.0465 e. The van der Waals surface area contributed by atoms with Crippen LogP contribution in [0.3, 0.4) is 0 Å². The number of H-pyrrole nitrogens is 1. The summed E-state index contributed by atoms with van der Waals surface area (Å²) in [7, 11) is 0. The minimum Gasteiger partial charge on any atom is -0.355 e. The van der Waals surface area contributed by atoms with E-state index in [1.807, 2.05) is 11.3 Å². The third-order valence-corrected chi connectivity index (χ3v) is 6.57. The summed E-state index contributed by atoms with van der Waals surface area (Å²) in [6.45, 7) is 0. The minimum atomic E-state index is 1.01. The van der Waals surface area contributed by atoms with Gasteiger partial charge in [-0.1, -0.05) is 48.6 Å². The average Bonchev–Trinajstić information content (AvgIpc) is 3.16. The van der Waals surface area contributed by atoms with E-state index in [0.717, 1.165) is 6.42 Å². The van der Waals surface area contributed by atoms with Crippen LogP contribution in [0.2, 0.25) is 0 Å². The predicted octanol–water partition coefficient (Wildman–Crippen LogP) is 7.63. The molecule has 0 radical (unpaired) electrons. The van der Waals surface area contributed by atoms with Crippen molar-refractivity contribution in [3.05, 3.63) is 83.3 Å². The molecular formula is C25H17NS. The average molecular weight is 363 g/mol. The van der Waals surface area contributed by atoms with Crippen molar-refractivity contribution in [2.75, 3.05) is 0 Å². The number of benzene rings is 3. The molecule has 0 bridgehead atoms. The van der Waals surface area contributed by atoms with E-state index in [1.165, 1.54) is 53.5 Å². The van der Waals surface area contributed by atoms with E-state index in [0.29, 0.717) is 0 Å². The van der Waals surface area contributed by atoms with Crippen LogP contribution in [-0.2, 0) is 0 Å². The summed E-state index contributed by atoms with van der Waals surface area (Å²) in [6, 6.07) is 22.1. The molecule has 1 nitrogen and oxygen atoms in total. The lowest BCUT2D eigenvalue weighted by atomic mass is 10.00. The number of nitrogens with one attached hydrogen (secondary N) is 1. The number of allylic oxidation sites excluding steroid dienone is 2. The number of para-hydroxylation sites is 1. The van der Waals surface area contributed by atoms with E-state index in [9.17, 15) is 0 Å². The van der Waals surface area contributed by atoms with Gasteiger partial charge in [0.2, 0.25) is 0 Å². The Bertz CT molecular complexity index is 1390. The Labute approximate surface area is 161 Å². The van der Waals surface area contributed by atoms with Crippen LogP contribution in [-0.4, -0.2) is 4.98 Å². The quantitative estimate of drug-likeness (QED) is 0.315. The Kier molecular flexibility index (Phi) is 3.17. The van der Waals surface area contributed by atoms with Crippen molar-refractivity contribution >= 4 is 55.4 Å². The molecule has 5 aromatic rings. The molecule has 3 aromatic carbocycles. The highest BCUT2D eigenvalue weighted by molar-refractivity contribution is 7.20. The molecule has 2 heterocycles. The van der Waals surface area contributed by atoms with Crippen molar-refractivity contribution in [1.82, 2.24) is 4.98 Å². The maximum Gasteiger partial charge on any atom is 0.0465 e. The van der Waals surface area contributed by atoms with Crippen LogP contribution >= 0.6 is 11.3 Å². The fraction of sp³-hybridized carbons (Fsp3) is 0.0400. The number of thiophene rings is 1. The molecule has 2 aromatic heterocycles. The summed E-state index contributed by atoms with van der Waals surface area (Å²) in [5.41, 5.74) is 6.29. The third kappa shape index (κ3) is 2.30. The van der Waals surface area contributed by atoms with Gasteiger partial charge in [0.25, 0.3) is 0 Å². The monoisotopic (exact) mass is 363 g/mol. The third-order valence-electron chi connectivity index (χ3n) is 5.42. The van der Waals surface area contributed by atoms with Gasteiger partial charge in [0.15, 0.2) is 0 Å². The van der Waals surface area contributed by atoms with Crippen molar-refractivity contribution in [2.24, 2.45) is 0 Å². The first-order chi connectivity index (χ1) is 13.4. The molecule has 0 saturated carbocycles. The van der Waals surface area contributed by atoms with Crippen LogP contribution < -0.4 is 0 Å². The number of fused-ring (bicyclic) bond motifs is 6. The van der Waals surface area contributed by atoms with Gasteiger partial charge in [0.05, 0.1) is 0 Å². The number of hydrogen-bond donors (Lipinski definition) is 1.